The third-order valence-corrected chi connectivity index (χ3v) is 8.13. The average Bonchev–Trinajstić information content (AvgIpc) is 2.81. The molecule has 10 heteroatoms. The fourth-order valence-corrected chi connectivity index (χ4v) is 5.41. The monoisotopic (exact) mass is 569 g/mol. The molecule has 0 bridgehead atoms. The maximum Gasteiger partial charge on any atom is 0.242 e. The summed E-state index contributed by atoms with van der Waals surface area (Å²) in [6, 6.07) is 9.81. The van der Waals surface area contributed by atoms with Crippen molar-refractivity contribution in [1.29, 1.82) is 0 Å². The van der Waals surface area contributed by atoms with E-state index in [2.05, 4.69) is 5.32 Å². The minimum absolute atomic E-state index is 0.0424. The molecule has 37 heavy (non-hydrogen) atoms. The summed E-state index contributed by atoms with van der Waals surface area (Å²) >= 11 is 12.7. The van der Waals surface area contributed by atoms with Gasteiger partial charge in [-0.3, -0.25) is 13.9 Å². The summed E-state index contributed by atoms with van der Waals surface area (Å²) in [6.07, 6.45) is 1.47. The van der Waals surface area contributed by atoms with Crippen molar-refractivity contribution in [3.8, 4) is 0 Å². The van der Waals surface area contributed by atoms with Gasteiger partial charge in [-0.05, 0) is 62.4 Å². The summed E-state index contributed by atoms with van der Waals surface area (Å²) in [5.74, 6) is -0.318. The first-order valence-electron chi connectivity index (χ1n) is 12.3. The van der Waals surface area contributed by atoms with Crippen LogP contribution in [0.5, 0.6) is 0 Å². The fourth-order valence-electron chi connectivity index (χ4n) is 3.88. The summed E-state index contributed by atoms with van der Waals surface area (Å²) < 4.78 is 26.5. The third kappa shape index (κ3) is 8.62. The number of anilines is 1. The van der Waals surface area contributed by atoms with Crippen LogP contribution in [0.25, 0.3) is 0 Å². The molecule has 0 radical (unpaired) electrons. The number of nitrogens with one attached hydrogen (secondary N) is 1. The van der Waals surface area contributed by atoms with Gasteiger partial charge in [0.25, 0.3) is 0 Å². The van der Waals surface area contributed by atoms with Crippen LogP contribution in [0.2, 0.25) is 10.0 Å². The Bertz CT molecular complexity index is 1200. The Labute approximate surface area is 231 Å². The number of hydrogen-bond donors (Lipinski definition) is 1. The molecule has 0 saturated heterocycles. The summed E-state index contributed by atoms with van der Waals surface area (Å²) in [4.78, 5) is 27.7. The van der Waals surface area contributed by atoms with Crippen LogP contribution in [0.1, 0.15) is 50.3 Å². The molecule has 1 N–H and O–H groups in total. The van der Waals surface area contributed by atoms with E-state index in [1.807, 2.05) is 39.8 Å². The lowest BCUT2D eigenvalue weighted by Crippen LogP contribution is -2.48. The van der Waals surface area contributed by atoms with Gasteiger partial charge in [0.1, 0.15) is 6.04 Å². The Kier molecular flexibility index (Phi) is 11.3. The number of amides is 2. The molecular weight excluding hydrogens is 533 g/mol. The van der Waals surface area contributed by atoms with Crippen LogP contribution in [0.4, 0.5) is 5.69 Å². The second-order valence-electron chi connectivity index (χ2n) is 9.69. The number of carbonyl (C=O) groups is 2. The molecular formula is C27H37Cl2N3O4S. The summed E-state index contributed by atoms with van der Waals surface area (Å²) in [7, 11) is -3.57. The van der Waals surface area contributed by atoms with E-state index in [0.717, 1.165) is 17.4 Å². The average molecular weight is 571 g/mol. The number of aryl methyl sites for hydroxylation is 1. The van der Waals surface area contributed by atoms with E-state index >= 15 is 0 Å². The van der Waals surface area contributed by atoms with Crippen molar-refractivity contribution in [3.63, 3.8) is 0 Å². The van der Waals surface area contributed by atoms with Gasteiger partial charge in [-0.2, -0.15) is 0 Å². The number of carbonyl (C=O) groups excluding carboxylic acids is 2. The normalized spacial score (nSPS) is 12.4. The van der Waals surface area contributed by atoms with Crippen molar-refractivity contribution in [3.05, 3.63) is 63.1 Å². The summed E-state index contributed by atoms with van der Waals surface area (Å²) in [5, 5.41) is 3.68. The Morgan fingerprint density at radius 3 is 2.16 bits per heavy atom. The van der Waals surface area contributed by atoms with Crippen molar-refractivity contribution in [1.82, 2.24) is 10.2 Å². The smallest absolute Gasteiger partial charge is 0.242 e. The Morgan fingerprint density at radius 2 is 1.59 bits per heavy atom. The zero-order valence-corrected chi connectivity index (χ0v) is 24.7. The van der Waals surface area contributed by atoms with Crippen molar-refractivity contribution < 1.29 is 18.0 Å². The number of hydrogen-bond acceptors (Lipinski definition) is 4. The first-order chi connectivity index (χ1) is 17.2. The molecule has 7 nitrogen and oxygen atoms in total. The molecule has 2 rings (SSSR count). The van der Waals surface area contributed by atoms with Gasteiger partial charge in [0.2, 0.25) is 21.8 Å². The largest absolute Gasteiger partial charge is 0.354 e. The highest BCUT2D eigenvalue weighted by Gasteiger charge is 2.28. The van der Waals surface area contributed by atoms with Crippen LogP contribution in [0.3, 0.4) is 0 Å². The molecule has 2 aromatic carbocycles. The van der Waals surface area contributed by atoms with E-state index in [1.165, 1.54) is 9.21 Å². The molecule has 0 aliphatic carbocycles. The van der Waals surface area contributed by atoms with Gasteiger partial charge in [0.05, 0.1) is 11.9 Å². The van der Waals surface area contributed by atoms with E-state index in [1.54, 1.807) is 31.2 Å². The quantitative estimate of drug-likeness (QED) is 0.373. The van der Waals surface area contributed by atoms with Crippen molar-refractivity contribution in [2.24, 2.45) is 5.92 Å². The predicted octanol–water partition coefficient (Wildman–Crippen LogP) is 5.35. The second kappa shape index (κ2) is 13.5. The van der Waals surface area contributed by atoms with E-state index in [0.29, 0.717) is 27.8 Å². The molecule has 2 aromatic rings. The van der Waals surface area contributed by atoms with Crippen molar-refractivity contribution in [2.45, 2.75) is 60.0 Å². The van der Waals surface area contributed by atoms with Crippen LogP contribution in [0, 0.1) is 19.8 Å². The van der Waals surface area contributed by atoms with Crippen molar-refractivity contribution in [2.75, 3.05) is 23.7 Å². The van der Waals surface area contributed by atoms with Gasteiger partial charge in [-0.25, -0.2) is 8.42 Å². The molecule has 0 aliphatic heterocycles. The topological polar surface area (TPSA) is 86.8 Å². The highest BCUT2D eigenvalue weighted by Crippen LogP contribution is 2.28. The molecule has 0 saturated carbocycles. The molecule has 0 fully saturated rings. The lowest BCUT2D eigenvalue weighted by atomic mass is 10.1. The number of halogens is 2. The standard InChI is InChI=1S/C27H37Cl2N3O4S/c1-18(2)16-30-27(34)21(5)31(17-22-23(28)11-8-12-24(22)29)26(33)14-9-15-32(37(6,35)36)25-13-7-10-19(3)20(25)4/h7-8,10-13,18,21H,9,14-17H2,1-6H3,(H,30,34)/t21-/m1/s1. The zero-order chi connectivity index (χ0) is 27.9. The van der Waals surface area contributed by atoms with E-state index in [-0.39, 0.29) is 43.7 Å². The van der Waals surface area contributed by atoms with Crippen LogP contribution in [0.15, 0.2) is 36.4 Å². The number of rotatable bonds is 12. The van der Waals surface area contributed by atoms with Crippen LogP contribution >= 0.6 is 23.2 Å². The van der Waals surface area contributed by atoms with Crippen LogP contribution in [-0.4, -0.2) is 50.5 Å². The lowest BCUT2D eigenvalue weighted by molar-refractivity contribution is -0.140. The number of benzene rings is 2. The number of sulfonamides is 1. The molecule has 0 spiro atoms. The van der Waals surface area contributed by atoms with Gasteiger partial charge >= 0.3 is 0 Å². The highest BCUT2D eigenvalue weighted by atomic mass is 35.5. The van der Waals surface area contributed by atoms with Gasteiger partial charge in [0, 0.05) is 41.7 Å². The van der Waals surface area contributed by atoms with Gasteiger partial charge in [0.15, 0.2) is 0 Å². The molecule has 0 heterocycles. The van der Waals surface area contributed by atoms with E-state index < -0.39 is 16.1 Å². The first-order valence-corrected chi connectivity index (χ1v) is 14.9. The summed E-state index contributed by atoms with van der Waals surface area (Å²) in [6.45, 7) is 10.1. The van der Waals surface area contributed by atoms with Crippen LogP contribution in [-0.2, 0) is 26.2 Å². The Morgan fingerprint density at radius 1 is 1.00 bits per heavy atom. The maximum atomic E-state index is 13.4. The van der Waals surface area contributed by atoms with Crippen LogP contribution < -0.4 is 9.62 Å². The first kappa shape index (κ1) is 30.9. The van der Waals surface area contributed by atoms with Gasteiger partial charge in [-0.1, -0.05) is 55.2 Å². The highest BCUT2D eigenvalue weighted by molar-refractivity contribution is 7.92. The minimum Gasteiger partial charge on any atom is -0.354 e. The number of nitrogens with zero attached hydrogens (tertiary/aromatic N) is 2. The Hall–Kier alpha value is -2.29. The molecule has 0 aromatic heterocycles. The fraction of sp³-hybridized carbons (Fsp3) is 0.481. The second-order valence-corrected chi connectivity index (χ2v) is 12.4. The zero-order valence-electron chi connectivity index (χ0n) is 22.3. The molecule has 1 atom stereocenters. The maximum absolute atomic E-state index is 13.4. The van der Waals surface area contributed by atoms with Crippen molar-refractivity contribution >= 4 is 50.7 Å². The minimum atomic E-state index is -3.57. The third-order valence-electron chi connectivity index (χ3n) is 6.24. The molecule has 0 aliphatic rings. The molecule has 2 amide bonds. The van der Waals surface area contributed by atoms with Gasteiger partial charge < -0.3 is 10.2 Å². The predicted molar refractivity (Wildman–Crippen MR) is 152 cm³/mol. The van der Waals surface area contributed by atoms with E-state index in [4.69, 9.17) is 23.2 Å². The molecule has 204 valence electrons. The summed E-state index contributed by atoms with van der Waals surface area (Å²) in [5.41, 5.74) is 2.99. The van der Waals surface area contributed by atoms with Gasteiger partial charge in [-0.15, -0.1) is 0 Å². The Balaban J connectivity index is 2.25. The molecule has 0 unspecified atom stereocenters. The van der Waals surface area contributed by atoms with E-state index in [9.17, 15) is 18.0 Å². The SMILES string of the molecule is Cc1cccc(N(CCCC(=O)N(Cc2c(Cl)cccc2Cl)[C@H](C)C(=O)NCC(C)C)S(C)(=O)=O)c1C. The lowest BCUT2D eigenvalue weighted by Gasteiger charge is -2.30.